The van der Waals surface area contributed by atoms with Gasteiger partial charge >= 0.3 is 6.09 Å². The molecule has 0 aliphatic carbocycles. The third-order valence-electron chi connectivity index (χ3n) is 4.51. The van der Waals surface area contributed by atoms with Crippen LogP contribution in [-0.4, -0.2) is 31.5 Å². The zero-order valence-electron chi connectivity index (χ0n) is 14.5. The number of amides is 1. The standard InChI is InChI=1S/C20H21NO4S/c1-3-19-17(13-16-7-5-4-6-8-16)14-25-20(22)21(19)26(23,24)18-11-9-15(2)10-12-18/h3-12,17,19H,1,13-14H2,2H3/t17-,19-/m1/s1. The predicted molar refractivity (Wildman–Crippen MR) is 99.2 cm³/mol. The molecule has 0 saturated carbocycles. The summed E-state index contributed by atoms with van der Waals surface area (Å²) in [7, 11) is -4.03. The van der Waals surface area contributed by atoms with Crippen LogP contribution < -0.4 is 0 Å². The Bertz CT molecular complexity index is 891. The molecule has 0 spiro atoms. The predicted octanol–water partition coefficient (Wildman–Crippen LogP) is 3.55. The van der Waals surface area contributed by atoms with Crippen LogP contribution in [0.3, 0.4) is 0 Å². The SMILES string of the molecule is C=C[C@@H]1[C@H](Cc2ccccc2)COC(=O)N1S(=O)(=O)c1ccc(C)cc1. The molecule has 0 aromatic heterocycles. The first-order valence-electron chi connectivity index (χ1n) is 8.38. The van der Waals surface area contributed by atoms with Gasteiger partial charge in [-0.3, -0.25) is 0 Å². The van der Waals surface area contributed by atoms with Gasteiger partial charge in [-0.05, 0) is 31.0 Å². The number of rotatable bonds is 5. The minimum Gasteiger partial charge on any atom is -0.448 e. The van der Waals surface area contributed by atoms with Gasteiger partial charge in [-0.15, -0.1) is 6.58 Å². The van der Waals surface area contributed by atoms with E-state index < -0.39 is 22.2 Å². The Morgan fingerprint density at radius 1 is 1.15 bits per heavy atom. The van der Waals surface area contributed by atoms with E-state index in [9.17, 15) is 13.2 Å². The number of benzene rings is 2. The number of nitrogens with zero attached hydrogens (tertiary/aromatic N) is 1. The number of sulfonamides is 1. The molecule has 1 aliphatic rings. The maximum Gasteiger partial charge on any atom is 0.424 e. The minimum absolute atomic E-state index is 0.0623. The van der Waals surface area contributed by atoms with Crippen molar-refractivity contribution in [2.75, 3.05) is 6.61 Å². The average Bonchev–Trinajstić information content (AvgIpc) is 2.64. The zero-order chi connectivity index (χ0) is 18.7. The number of carbonyl (C=O) groups is 1. The lowest BCUT2D eigenvalue weighted by Crippen LogP contribution is -2.53. The second-order valence-corrected chi connectivity index (χ2v) is 8.18. The summed E-state index contributed by atoms with van der Waals surface area (Å²) in [4.78, 5) is 12.4. The monoisotopic (exact) mass is 371 g/mol. The zero-order valence-corrected chi connectivity index (χ0v) is 15.4. The normalized spacial score (nSPS) is 20.5. The molecule has 6 heteroatoms. The molecule has 0 unspecified atom stereocenters. The molecule has 1 amide bonds. The van der Waals surface area contributed by atoms with Gasteiger partial charge < -0.3 is 4.74 Å². The fraction of sp³-hybridized carbons (Fsp3) is 0.250. The van der Waals surface area contributed by atoms with Crippen LogP contribution in [0, 0.1) is 12.8 Å². The molecule has 0 bridgehead atoms. The summed E-state index contributed by atoms with van der Waals surface area (Å²) in [5, 5.41) is 0. The van der Waals surface area contributed by atoms with Gasteiger partial charge in [0.25, 0.3) is 10.0 Å². The van der Waals surface area contributed by atoms with Crippen LogP contribution in [0.15, 0.2) is 72.1 Å². The van der Waals surface area contributed by atoms with Gasteiger partial charge in [0, 0.05) is 5.92 Å². The van der Waals surface area contributed by atoms with Crippen LogP contribution in [0.1, 0.15) is 11.1 Å². The van der Waals surface area contributed by atoms with Crippen LogP contribution in [0.2, 0.25) is 0 Å². The number of ether oxygens (including phenoxy) is 1. The fourth-order valence-corrected chi connectivity index (χ4v) is 4.66. The van der Waals surface area contributed by atoms with E-state index >= 15 is 0 Å². The molecule has 1 heterocycles. The third-order valence-corrected chi connectivity index (χ3v) is 6.29. The Morgan fingerprint density at radius 2 is 1.81 bits per heavy atom. The summed E-state index contributed by atoms with van der Waals surface area (Å²) in [5.74, 6) is -0.201. The van der Waals surface area contributed by atoms with Gasteiger partial charge in [0.05, 0.1) is 17.5 Å². The quantitative estimate of drug-likeness (QED) is 0.754. The Hall–Kier alpha value is -2.60. The molecule has 1 fully saturated rings. The highest BCUT2D eigenvalue weighted by molar-refractivity contribution is 7.89. The molecule has 2 atom stereocenters. The molecule has 136 valence electrons. The second-order valence-electron chi connectivity index (χ2n) is 6.37. The van der Waals surface area contributed by atoms with E-state index in [1.807, 2.05) is 37.3 Å². The van der Waals surface area contributed by atoms with Crippen LogP contribution in [0.5, 0.6) is 0 Å². The summed E-state index contributed by atoms with van der Waals surface area (Å²) in [5.41, 5.74) is 1.99. The fourth-order valence-electron chi connectivity index (χ4n) is 3.12. The number of carbonyl (C=O) groups excluding carboxylic acids is 1. The van der Waals surface area contributed by atoms with Crippen LogP contribution in [-0.2, 0) is 21.2 Å². The van der Waals surface area contributed by atoms with Crippen molar-refractivity contribution in [3.8, 4) is 0 Å². The van der Waals surface area contributed by atoms with E-state index in [0.29, 0.717) is 6.42 Å². The smallest absolute Gasteiger partial charge is 0.424 e. The first kappa shape index (κ1) is 18.2. The molecular weight excluding hydrogens is 350 g/mol. The molecule has 0 N–H and O–H groups in total. The van der Waals surface area contributed by atoms with E-state index in [0.717, 1.165) is 15.4 Å². The first-order chi connectivity index (χ1) is 12.4. The summed E-state index contributed by atoms with van der Waals surface area (Å²) in [6, 6.07) is 15.4. The lowest BCUT2D eigenvalue weighted by molar-refractivity contribution is 0.0545. The summed E-state index contributed by atoms with van der Waals surface area (Å²) < 4.78 is 32.1. The van der Waals surface area contributed by atoms with Crippen LogP contribution >= 0.6 is 0 Å². The highest BCUT2D eigenvalue weighted by atomic mass is 32.2. The van der Waals surface area contributed by atoms with Gasteiger partial charge in [0.15, 0.2) is 0 Å². The molecule has 3 rings (SSSR count). The number of hydrogen-bond donors (Lipinski definition) is 0. The third kappa shape index (κ3) is 3.51. The molecule has 5 nitrogen and oxygen atoms in total. The first-order valence-corrected chi connectivity index (χ1v) is 9.82. The molecular formula is C20H21NO4S. The minimum atomic E-state index is -4.03. The molecule has 2 aromatic carbocycles. The van der Waals surface area contributed by atoms with Crippen molar-refractivity contribution in [3.05, 3.63) is 78.4 Å². The van der Waals surface area contributed by atoms with E-state index in [1.165, 1.54) is 18.2 Å². The maximum absolute atomic E-state index is 13.1. The average molecular weight is 371 g/mol. The Kier molecular flexibility index (Phi) is 5.13. The van der Waals surface area contributed by atoms with E-state index in [-0.39, 0.29) is 17.4 Å². The Morgan fingerprint density at radius 3 is 2.42 bits per heavy atom. The van der Waals surface area contributed by atoms with Crippen molar-refractivity contribution >= 4 is 16.1 Å². The maximum atomic E-state index is 13.1. The van der Waals surface area contributed by atoms with Crippen LogP contribution in [0.4, 0.5) is 4.79 Å². The second kappa shape index (κ2) is 7.33. The highest BCUT2D eigenvalue weighted by Crippen LogP contribution is 2.30. The molecule has 1 saturated heterocycles. The van der Waals surface area contributed by atoms with Crippen molar-refractivity contribution in [1.82, 2.24) is 4.31 Å². The van der Waals surface area contributed by atoms with E-state index in [1.54, 1.807) is 12.1 Å². The number of aryl methyl sites for hydroxylation is 1. The van der Waals surface area contributed by atoms with Gasteiger partial charge in [0.1, 0.15) is 0 Å². The molecule has 0 radical (unpaired) electrons. The van der Waals surface area contributed by atoms with Gasteiger partial charge in [0.2, 0.25) is 0 Å². The molecule has 26 heavy (non-hydrogen) atoms. The molecule has 1 aliphatic heterocycles. The van der Waals surface area contributed by atoms with Gasteiger partial charge in [-0.1, -0.05) is 54.1 Å². The summed E-state index contributed by atoms with van der Waals surface area (Å²) >= 11 is 0. The van der Waals surface area contributed by atoms with Gasteiger partial charge in [-0.25, -0.2) is 13.2 Å². The summed E-state index contributed by atoms with van der Waals surface area (Å²) in [6.07, 6.45) is 1.24. The highest BCUT2D eigenvalue weighted by Gasteiger charge is 2.43. The van der Waals surface area contributed by atoms with Crippen molar-refractivity contribution < 1.29 is 17.9 Å². The van der Waals surface area contributed by atoms with Crippen molar-refractivity contribution in [1.29, 1.82) is 0 Å². The number of hydrogen-bond acceptors (Lipinski definition) is 4. The van der Waals surface area contributed by atoms with E-state index in [4.69, 9.17) is 4.74 Å². The summed E-state index contributed by atoms with van der Waals surface area (Å²) in [6.45, 7) is 5.79. The number of cyclic esters (lactones) is 1. The van der Waals surface area contributed by atoms with Crippen LogP contribution in [0.25, 0.3) is 0 Å². The van der Waals surface area contributed by atoms with Crippen molar-refractivity contribution in [2.45, 2.75) is 24.3 Å². The Labute approximate surface area is 154 Å². The lowest BCUT2D eigenvalue weighted by Gasteiger charge is -2.38. The van der Waals surface area contributed by atoms with Crippen molar-refractivity contribution in [2.24, 2.45) is 5.92 Å². The lowest BCUT2D eigenvalue weighted by atomic mass is 9.92. The van der Waals surface area contributed by atoms with E-state index in [2.05, 4.69) is 6.58 Å². The Balaban J connectivity index is 1.94. The van der Waals surface area contributed by atoms with Crippen molar-refractivity contribution in [3.63, 3.8) is 0 Å². The van der Waals surface area contributed by atoms with Gasteiger partial charge in [-0.2, -0.15) is 4.31 Å². The molecule has 2 aromatic rings. The topological polar surface area (TPSA) is 63.7 Å². The largest absolute Gasteiger partial charge is 0.448 e.